The van der Waals surface area contributed by atoms with Crippen LogP contribution in [0.25, 0.3) is 22.4 Å². The van der Waals surface area contributed by atoms with Crippen LogP contribution in [0.5, 0.6) is 0 Å². The first kappa shape index (κ1) is 13.1. The molecule has 0 bridgehead atoms. The maximum atomic E-state index is 14.1. The van der Waals surface area contributed by atoms with E-state index in [1.165, 1.54) is 6.07 Å². The summed E-state index contributed by atoms with van der Waals surface area (Å²) in [6.45, 7) is 2.72. The van der Waals surface area contributed by atoms with E-state index in [0.717, 1.165) is 15.5 Å². The van der Waals surface area contributed by atoms with Gasteiger partial charge in [-0.2, -0.15) is 0 Å². The second-order valence-corrected chi connectivity index (χ2v) is 5.47. The predicted octanol–water partition coefficient (Wildman–Crippen LogP) is 4.21. The minimum atomic E-state index is -0.316. The van der Waals surface area contributed by atoms with Crippen LogP contribution in [0.3, 0.4) is 0 Å². The number of imidazole rings is 1. The van der Waals surface area contributed by atoms with Crippen molar-refractivity contribution >= 4 is 32.7 Å². The van der Waals surface area contributed by atoms with Crippen molar-refractivity contribution in [2.24, 2.45) is 0 Å². The molecule has 1 aromatic heterocycles. The third-order valence-corrected chi connectivity index (χ3v) is 3.75. The summed E-state index contributed by atoms with van der Waals surface area (Å²) in [5.41, 5.74) is 8.53. The van der Waals surface area contributed by atoms with Crippen LogP contribution in [0.15, 0.2) is 40.9 Å². The Bertz CT molecular complexity index is 795. The Balaban J connectivity index is 2.32. The molecule has 1 heterocycles. The lowest BCUT2D eigenvalue weighted by molar-refractivity contribution is 0.628. The van der Waals surface area contributed by atoms with Gasteiger partial charge in [-0.15, -0.1) is 0 Å². The second-order valence-electron chi connectivity index (χ2n) is 4.55. The lowest BCUT2D eigenvalue weighted by Crippen LogP contribution is -2.00. The van der Waals surface area contributed by atoms with Gasteiger partial charge in [0.05, 0.1) is 16.6 Å². The molecular formula is C15H13BrFN3. The van der Waals surface area contributed by atoms with Gasteiger partial charge in [0.25, 0.3) is 0 Å². The summed E-state index contributed by atoms with van der Waals surface area (Å²) < 4.78 is 17.0. The Morgan fingerprint density at radius 3 is 2.80 bits per heavy atom. The molecule has 20 heavy (non-hydrogen) atoms. The maximum absolute atomic E-state index is 14.1. The van der Waals surface area contributed by atoms with Crippen LogP contribution in [0.1, 0.15) is 6.92 Å². The van der Waals surface area contributed by atoms with E-state index in [0.29, 0.717) is 23.6 Å². The molecule has 3 rings (SSSR count). The summed E-state index contributed by atoms with van der Waals surface area (Å²) >= 11 is 3.43. The van der Waals surface area contributed by atoms with Crippen LogP contribution in [0, 0.1) is 5.82 Å². The largest absolute Gasteiger partial charge is 0.399 e. The number of fused-ring (bicyclic) bond motifs is 1. The van der Waals surface area contributed by atoms with Crippen LogP contribution in [0.4, 0.5) is 10.1 Å². The molecule has 0 saturated heterocycles. The van der Waals surface area contributed by atoms with Gasteiger partial charge < -0.3 is 10.3 Å². The summed E-state index contributed by atoms with van der Waals surface area (Å²) in [7, 11) is 0. The van der Waals surface area contributed by atoms with Crippen molar-refractivity contribution in [2.75, 3.05) is 5.73 Å². The van der Waals surface area contributed by atoms with Gasteiger partial charge in [-0.1, -0.05) is 15.9 Å². The molecule has 0 aliphatic heterocycles. The fourth-order valence-corrected chi connectivity index (χ4v) is 2.69. The zero-order valence-electron chi connectivity index (χ0n) is 10.9. The van der Waals surface area contributed by atoms with E-state index in [1.54, 1.807) is 12.1 Å². The Labute approximate surface area is 124 Å². The Hall–Kier alpha value is -1.88. The third-order valence-electron chi connectivity index (χ3n) is 3.26. The molecule has 0 fully saturated rings. The average Bonchev–Trinajstić information content (AvgIpc) is 2.78. The van der Waals surface area contributed by atoms with Crippen molar-refractivity contribution in [3.63, 3.8) is 0 Å². The average molecular weight is 334 g/mol. The van der Waals surface area contributed by atoms with Gasteiger partial charge >= 0.3 is 0 Å². The zero-order valence-corrected chi connectivity index (χ0v) is 12.5. The summed E-state index contributed by atoms with van der Waals surface area (Å²) in [5.74, 6) is 0.286. The number of nitrogens with zero attached hydrogens (tertiary/aromatic N) is 2. The second kappa shape index (κ2) is 4.90. The fraction of sp³-hybridized carbons (Fsp3) is 0.133. The van der Waals surface area contributed by atoms with Crippen LogP contribution >= 0.6 is 15.9 Å². The fourth-order valence-electron chi connectivity index (χ4n) is 2.34. The zero-order chi connectivity index (χ0) is 14.3. The normalized spacial score (nSPS) is 11.2. The van der Waals surface area contributed by atoms with E-state index in [-0.39, 0.29) is 5.82 Å². The highest BCUT2D eigenvalue weighted by Gasteiger charge is 2.15. The topological polar surface area (TPSA) is 43.8 Å². The van der Waals surface area contributed by atoms with Crippen molar-refractivity contribution in [1.82, 2.24) is 9.55 Å². The summed E-state index contributed by atoms with van der Waals surface area (Å²) in [4.78, 5) is 4.55. The molecule has 0 aliphatic carbocycles. The number of halogens is 2. The van der Waals surface area contributed by atoms with Gasteiger partial charge in [-0.25, -0.2) is 9.37 Å². The molecule has 2 aromatic carbocycles. The lowest BCUT2D eigenvalue weighted by Gasteiger charge is -2.07. The highest BCUT2D eigenvalue weighted by Crippen LogP contribution is 2.29. The molecule has 102 valence electrons. The summed E-state index contributed by atoms with van der Waals surface area (Å²) in [6, 6.07) is 10.4. The molecular weight excluding hydrogens is 321 g/mol. The molecule has 0 unspecified atom stereocenters. The first-order valence-corrected chi connectivity index (χ1v) is 7.10. The van der Waals surface area contributed by atoms with Gasteiger partial charge in [-0.3, -0.25) is 0 Å². The highest BCUT2D eigenvalue weighted by atomic mass is 79.9. The number of nitrogen functional groups attached to an aromatic ring is 1. The van der Waals surface area contributed by atoms with E-state index >= 15 is 0 Å². The predicted molar refractivity (Wildman–Crippen MR) is 82.9 cm³/mol. The number of rotatable bonds is 2. The van der Waals surface area contributed by atoms with E-state index in [9.17, 15) is 4.39 Å². The first-order valence-electron chi connectivity index (χ1n) is 6.31. The third kappa shape index (κ3) is 2.08. The van der Waals surface area contributed by atoms with E-state index in [2.05, 4.69) is 20.9 Å². The molecule has 3 nitrogen and oxygen atoms in total. The molecule has 0 atom stereocenters. The number of nitrogens with two attached hydrogens (primary N) is 1. The van der Waals surface area contributed by atoms with Crippen LogP contribution in [0.2, 0.25) is 0 Å². The SMILES string of the molecule is CCn1c(-c2cc(N)ccc2F)nc2cc(Br)ccc21. The van der Waals surface area contributed by atoms with Gasteiger partial charge in [0.15, 0.2) is 0 Å². The minimum Gasteiger partial charge on any atom is -0.399 e. The highest BCUT2D eigenvalue weighted by molar-refractivity contribution is 9.10. The van der Waals surface area contributed by atoms with Crippen molar-refractivity contribution in [2.45, 2.75) is 13.5 Å². The van der Waals surface area contributed by atoms with Crippen molar-refractivity contribution in [3.05, 3.63) is 46.7 Å². The number of hydrogen-bond acceptors (Lipinski definition) is 2. The monoisotopic (exact) mass is 333 g/mol. The van der Waals surface area contributed by atoms with Gasteiger partial charge in [-0.05, 0) is 43.3 Å². The summed E-state index contributed by atoms with van der Waals surface area (Å²) in [5, 5.41) is 0. The molecule has 0 aliphatic rings. The number of aromatic nitrogens is 2. The van der Waals surface area contributed by atoms with Gasteiger partial charge in [0.2, 0.25) is 0 Å². The van der Waals surface area contributed by atoms with E-state index in [4.69, 9.17) is 5.73 Å². The van der Waals surface area contributed by atoms with Crippen molar-refractivity contribution in [3.8, 4) is 11.4 Å². The van der Waals surface area contributed by atoms with Gasteiger partial charge in [0, 0.05) is 16.7 Å². The van der Waals surface area contributed by atoms with E-state index < -0.39 is 0 Å². The number of benzene rings is 2. The van der Waals surface area contributed by atoms with Crippen molar-refractivity contribution < 1.29 is 4.39 Å². The molecule has 0 spiro atoms. The van der Waals surface area contributed by atoms with Crippen LogP contribution in [-0.4, -0.2) is 9.55 Å². The van der Waals surface area contributed by atoms with Crippen molar-refractivity contribution in [1.29, 1.82) is 0 Å². The lowest BCUT2D eigenvalue weighted by atomic mass is 10.1. The smallest absolute Gasteiger partial charge is 0.144 e. The standard InChI is InChI=1S/C15H13BrFN3/c1-2-20-14-6-3-9(16)7-13(14)19-15(20)11-8-10(18)4-5-12(11)17/h3-8H,2,18H2,1H3. The first-order chi connectivity index (χ1) is 9.60. The number of anilines is 1. The quantitative estimate of drug-likeness (QED) is 0.714. The molecule has 2 N–H and O–H groups in total. The van der Waals surface area contributed by atoms with E-state index in [1.807, 2.05) is 29.7 Å². The maximum Gasteiger partial charge on any atom is 0.144 e. The molecule has 0 amide bonds. The van der Waals surface area contributed by atoms with Crippen LogP contribution < -0.4 is 5.73 Å². The molecule has 5 heteroatoms. The summed E-state index contributed by atoms with van der Waals surface area (Å²) in [6.07, 6.45) is 0. The van der Waals surface area contributed by atoms with Gasteiger partial charge in [0.1, 0.15) is 11.6 Å². The Morgan fingerprint density at radius 2 is 2.05 bits per heavy atom. The van der Waals surface area contributed by atoms with Crippen LogP contribution in [-0.2, 0) is 6.54 Å². The Kier molecular flexibility index (Phi) is 3.22. The number of aryl methyl sites for hydroxylation is 1. The molecule has 0 saturated carbocycles. The number of hydrogen-bond donors (Lipinski definition) is 1. The molecule has 0 radical (unpaired) electrons. The Morgan fingerprint density at radius 1 is 1.25 bits per heavy atom. The minimum absolute atomic E-state index is 0.316. The molecule has 3 aromatic rings.